The third-order valence-electron chi connectivity index (χ3n) is 6.22. The Morgan fingerprint density at radius 1 is 1.27 bits per heavy atom. The van der Waals surface area contributed by atoms with Crippen LogP contribution in [0, 0.1) is 11.8 Å². The fourth-order valence-corrected chi connectivity index (χ4v) is 4.64. The molecule has 5 nitrogen and oxygen atoms in total. The van der Waals surface area contributed by atoms with E-state index in [1.54, 1.807) is 0 Å². The van der Waals surface area contributed by atoms with Crippen molar-refractivity contribution in [2.24, 2.45) is 18.9 Å². The third-order valence-corrected chi connectivity index (χ3v) is 6.22. The fourth-order valence-electron chi connectivity index (χ4n) is 4.64. The number of aromatic nitrogens is 2. The molecule has 1 aromatic carbocycles. The number of carbonyl (C=O) groups is 1. The maximum atomic E-state index is 13.3. The van der Waals surface area contributed by atoms with Crippen molar-refractivity contribution in [1.82, 2.24) is 20.0 Å². The van der Waals surface area contributed by atoms with Gasteiger partial charge in [-0.3, -0.25) is 9.48 Å². The summed E-state index contributed by atoms with van der Waals surface area (Å²) < 4.78 is 1.82. The van der Waals surface area contributed by atoms with Gasteiger partial charge in [0.1, 0.15) is 0 Å². The molecule has 2 aliphatic heterocycles. The Balaban J connectivity index is 1.44. The highest BCUT2D eigenvalue weighted by molar-refractivity contribution is 5.81. The van der Waals surface area contributed by atoms with E-state index in [1.165, 1.54) is 11.1 Å². The molecule has 26 heavy (non-hydrogen) atoms. The van der Waals surface area contributed by atoms with E-state index >= 15 is 0 Å². The number of nitrogens with zero attached hydrogens (tertiary/aromatic N) is 3. The van der Waals surface area contributed by atoms with E-state index in [0.29, 0.717) is 17.9 Å². The number of hydrogen-bond acceptors (Lipinski definition) is 3. The zero-order valence-corrected chi connectivity index (χ0v) is 15.6. The second kappa shape index (κ2) is 7.23. The molecule has 2 aromatic rings. The molecule has 0 spiro atoms. The molecule has 3 heterocycles. The molecule has 1 N–H and O–H groups in total. The minimum Gasteiger partial charge on any atom is -0.339 e. The van der Waals surface area contributed by atoms with Crippen LogP contribution in [0.1, 0.15) is 30.4 Å². The van der Waals surface area contributed by atoms with Gasteiger partial charge in [-0.25, -0.2) is 0 Å². The van der Waals surface area contributed by atoms with Crippen LogP contribution >= 0.6 is 0 Å². The lowest BCUT2D eigenvalue weighted by Gasteiger charge is -2.29. The number of hydrogen-bond donors (Lipinski definition) is 1. The van der Waals surface area contributed by atoms with Crippen LogP contribution < -0.4 is 5.32 Å². The average Bonchev–Trinajstić information content (AvgIpc) is 3.36. The van der Waals surface area contributed by atoms with E-state index < -0.39 is 0 Å². The van der Waals surface area contributed by atoms with Crippen molar-refractivity contribution in [1.29, 1.82) is 0 Å². The Bertz CT molecular complexity index is 756. The van der Waals surface area contributed by atoms with Crippen LogP contribution in [0.2, 0.25) is 0 Å². The van der Waals surface area contributed by atoms with Gasteiger partial charge in [-0.1, -0.05) is 30.3 Å². The topological polar surface area (TPSA) is 50.2 Å². The Morgan fingerprint density at radius 2 is 2.08 bits per heavy atom. The van der Waals surface area contributed by atoms with Crippen LogP contribution in [0.4, 0.5) is 0 Å². The summed E-state index contributed by atoms with van der Waals surface area (Å²) in [7, 11) is 1.93. The molecule has 2 saturated heterocycles. The minimum atomic E-state index is 0.0251. The monoisotopic (exact) mass is 352 g/mol. The lowest BCUT2D eigenvalue weighted by atomic mass is 9.89. The summed E-state index contributed by atoms with van der Waals surface area (Å²) in [6, 6.07) is 10.9. The van der Waals surface area contributed by atoms with Crippen molar-refractivity contribution >= 4 is 5.91 Å². The molecule has 2 unspecified atom stereocenters. The summed E-state index contributed by atoms with van der Waals surface area (Å²) in [5.41, 5.74) is 2.54. The molecule has 2 fully saturated rings. The standard InChI is InChI=1S/C21H28N4O/c1-15-17(10-16-6-4-3-5-7-16)8-9-25(15)21(26)20-13-22-12-19(20)18-11-23-24(2)14-18/h3-7,11,14-15,17,19-20,22H,8-10,12-13H2,1-2H3/t15?,17?,19-,20+/m1/s1. The van der Waals surface area contributed by atoms with Crippen LogP contribution in [-0.4, -0.2) is 46.3 Å². The van der Waals surface area contributed by atoms with E-state index in [4.69, 9.17) is 0 Å². The maximum Gasteiger partial charge on any atom is 0.227 e. The number of carbonyl (C=O) groups excluding carboxylic acids is 1. The second-order valence-corrected chi connectivity index (χ2v) is 7.83. The van der Waals surface area contributed by atoms with Gasteiger partial charge in [0.15, 0.2) is 0 Å². The molecular formula is C21H28N4O. The van der Waals surface area contributed by atoms with E-state index in [9.17, 15) is 4.79 Å². The Hall–Kier alpha value is -2.14. The smallest absolute Gasteiger partial charge is 0.227 e. The van der Waals surface area contributed by atoms with Gasteiger partial charge in [-0.15, -0.1) is 0 Å². The molecule has 2 aliphatic rings. The van der Waals surface area contributed by atoms with Gasteiger partial charge >= 0.3 is 0 Å². The molecule has 5 heteroatoms. The molecule has 0 bridgehead atoms. The predicted octanol–water partition coefficient (Wildman–Crippen LogP) is 2.20. The zero-order chi connectivity index (χ0) is 18.1. The van der Waals surface area contributed by atoms with Gasteiger partial charge in [-0.05, 0) is 36.8 Å². The molecule has 0 aliphatic carbocycles. The van der Waals surface area contributed by atoms with Gasteiger partial charge in [-0.2, -0.15) is 5.10 Å². The molecule has 138 valence electrons. The first-order chi connectivity index (χ1) is 12.6. The van der Waals surface area contributed by atoms with Gasteiger partial charge in [0.05, 0.1) is 12.1 Å². The summed E-state index contributed by atoms with van der Waals surface area (Å²) >= 11 is 0. The molecule has 0 saturated carbocycles. The quantitative estimate of drug-likeness (QED) is 0.918. The van der Waals surface area contributed by atoms with Crippen LogP contribution in [-0.2, 0) is 18.3 Å². The number of benzene rings is 1. The number of rotatable bonds is 4. The first kappa shape index (κ1) is 17.3. The summed E-state index contributed by atoms with van der Waals surface area (Å²) in [6.07, 6.45) is 6.10. The Labute approximate surface area is 155 Å². The van der Waals surface area contributed by atoms with Gasteiger partial charge in [0, 0.05) is 44.8 Å². The lowest BCUT2D eigenvalue weighted by Crippen LogP contribution is -2.42. The Morgan fingerprint density at radius 3 is 2.81 bits per heavy atom. The molecule has 0 radical (unpaired) electrons. The van der Waals surface area contributed by atoms with E-state index in [0.717, 1.165) is 32.5 Å². The van der Waals surface area contributed by atoms with Crippen LogP contribution in [0.3, 0.4) is 0 Å². The largest absolute Gasteiger partial charge is 0.339 e. The highest BCUT2D eigenvalue weighted by Crippen LogP contribution is 2.34. The number of nitrogens with one attached hydrogen (secondary N) is 1. The second-order valence-electron chi connectivity index (χ2n) is 7.83. The van der Waals surface area contributed by atoms with Crippen molar-refractivity contribution in [2.45, 2.75) is 31.7 Å². The SMILES string of the molecule is CC1C(Cc2ccccc2)CCN1C(=O)[C@H]1CNC[C@@H]1c1cnn(C)c1. The summed E-state index contributed by atoms with van der Waals surface area (Å²) in [5.74, 6) is 1.12. The third kappa shape index (κ3) is 3.28. The number of likely N-dealkylation sites (tertiary alicyclic amines) is 1. The summed E-state index contributed by atoms with van der Waals surface area (Å²) in [4.78, 5) is 15.4. The lowest BCUT2D eigenvalue weighted by molar-refractivity contribution is -0.136. The maximum absolute atomic E-state index is 13.3. The normalized spacial score (nSPS) is 28.6. The van der Waals surface area contributed by atoms with Crippen molar-refractivity contribution in [2.75, 3.05) is 19.6 Å². The van der Waals surface area contributed by atoms with E-state index in [1.807, 2.05) is 24.1 Å². The molecule has 4 atom stereocenters. The molecule has 1 amide bonds. The zero-order valence-electron chi connectivity index (χ0n) is 15.6. The van der Waals surface area contributed by atoms with Gasteiger partial charge in [0.2, 0.25) is 5.91 Å². The molecule has 4 rings (SSSR count). The summed E-state index contributed by atoms with van der Waals surface area (Å²) in [5, 5.41) is 7.71. The first-order valence-electron chi connectivity index (χ1n) is 9.67. The van der Waals surface area contributed by atoms with Crippen molar-refractivity contribution in [3.63, 3.8) is 0 Å². The van der Waals surface area contributed by atoms with E-state index in [-0.39, 0.29) is 11.8 Å². The highest BCUT2D eigenvalue weighted by atomic mass is 16.2. The molecule has 1 aromatic heterocycles. The number of aryl methyl sites for hydroxylation is 1. The van der Waals surface area contributed by atoms with Crippen molar-refractivity contribution in [3.05, 3.63) is 53.9 Å². The van der Waals surface area contributed by atoms with E-state index in [2.05, 4.69) is 52.6 Å². The van der Waals surface area contributed by atoms with Crippen LogP contribution in [0.15, 0.2) is 42.7 Å². The predicted molar refractivity (Wildman–Crippen MR) is 102 cm³/mol. The van der Waals surface area contributed by atoms with Crippen LogP contribution in [0.25, 0.3) is 0 Å². The van der Waals surface area contributed by atoms with Gasteiger partial charge in [0.25, 0.3) is 0 Å². The Kier molecular flexibility index (Phi) is 4.81. The van der Waals surface area contributed by atoms with Gasteiger partial charge < -0.3 is 10.2 Å². The minimum absolute atomic E-state index is 0.0251. The first-order valence-corrected chi connectivity index (χ1v) is 9.67. The summed E-state index contributed by atoms with van der Waals surface area (Å²) in [6.45, 7) is 4.73. The fraction of sp³-hybridized carbons (Fsp3) is 0.524. The molecular weight excluding hydrogens is 324 g/mol. The average molecular weight is 352 g/mol. The number of amides is 1. The highest BCUT2D eigenvalue weighted by Gasteiger charge is 2.41. The van der Waals surface area contributed by atoms with Crippen LogP contribution in [0.5, 0.6) is 0 Å². The van der Waals surface area contributed by atoms with Crippen molar-refractivity contribution < 1.29 is 4.79 Å². The van der Waals surface area contributed by atoms with Crippen molar-refractivity contribution in [3.8, 4) is 0 Å².